The molecule has 2 amide bonds. The van der Waals surface area contributed by atoms with E-state index in [0.717, 1.165) is 35.5 Å². The van der Waals surface area contributed by atoms with Crippen molar-refractivity contribution in [3.8, 4) is 5.69 Å². The molecule has 2 aliphatic rings. The molecule has 0 bridgehead atoms. The van der Waals surface area contributed by atoms with Gasteiger partial charge in [0.15, 0.2) is 0 Å². The van der Waals surface area contributed by atoms with Gasteiger partial charge in [-0.3, -0.25) is 14.5 Å². The van der Waals surface area contributed by atoms with Crippen molar-refractivity contribution < 1.29 is 9.59 Å². The van der Waals surface area contributed by atoms with Gasteiger partial charge in [0.1, 0.15) is 12.6 Å². The lowest BCUT2D eigenvalue weighted by Gasteiger charge is -2.39. The van der Waals surface area contributed by atoms with Crippen LogP contribution in [0.2, 0.25) is 10.0 Å². The Balaban J connectivity index is 1.40. The molecule has 5 nitrogen and oxygen atoms in total. The van der Waals surface area contributed by atoms with Crippen LogP contribution in [0.1, 0.15) is 40.5 Å². The van der Waals surface area contributed by atoms with Crippen molar-refractivity contribution in [2.24, 2.45) is 0 Å². The molecular formula is C29H23Cl2N3O2. The van der Waals surface area contributed by atoms with Gasteiger partial charge in [-0.05, 0) is 60.9 Å². The number of hydrogen-bond acceptors (Lipinski definition) is 2. The number of fused-ring (bicyclic) bond motifs is 3. The highest BCUT2D eigenvalue weighted by Gasteiger charge is 2.40. The van der Waals surface area contributed by atoms with E-state index in [9.17, 15) is 9.59 Å². The summed E-state index contributed by atoms with van der Waals surface area (Å²) >= 11 is 12.2. The first-order chi connectivity index (χ1) is 17.5. The molecule has 1 aliphatic carbocycles. The van der Waals surface area contributed by atoms with E-state index in [0.29, 0.717) is 15.6 Å². The van der Waals surface area contributed by atoms with Gasteiger partial charge < -0.3 is 9.47 Å². The van der Waals surface area contributed by atoms with Crippen molar-refractivity contribution >= 4 is 40.7 Å². The predicted octanol–water partition coefficient (Wildman–Crippen LogP) is 6.52. The molecule has 1 unspecified atom stereocenters. The Bertz CT molecular complexity index is 1460. The van der Waals surface area contributed by atoms with Crippen LogP contribution >= 0.6 is 23.2 Å². The molecule has 1 aromatic heterocycles. The van der Waals surface area contributed by atoms with Crippen molar-refractivity contribution in [2.45, 2.75) is 24.9 Å². The van der Waals surface area contributed by atoms with E-state index in [-0.39, 0.29) is 30.4 Å². The fourth-order valence-corrected chi connectivity index (χ4v) is 5.28. The summed E-state index contributed by atoms with van der Waals surface area (Å²) in [4.78, 5) is 31.2. The molecule has 3 aromatic carbocycles. The van der Waals surface area contributed by atoms with Gasteiger partial charge in [-0.25, -0.2) is 0 Å². The number of anilines is 1. The molecule has 7 heteroatoms. The Labute approximate surface area is 219 Å². The first-order valence-corrected chi connectivity index (χ1v) is 12.7. The zero-order valence-electron chi connectivity index (χ0n) is 19.4. The number of hydrogen-bond donors (Lipinski definition) is 0. The lowest BCUT2D eigenvalue weighted by Crippen LogP contribution is -2.47. The van der Waals surface area contributed by atoms with Crippen molar-refractivity contribution in [3.05, 3.63) is 118 Å². The van der Waals surface area contributed by atoms with Gasteiger partial charge in [0.25, 0.3) is 5.91 Å². The number of nitrogens with zero attached hydrogens (tertiary/aromatic N) is 3. The Kier molecular flexibility index (Phi) is 5.82. The maximum Gasteiger partial charge on any atom is 0.254 e. The van der Waals surface area contributed by atoms with E-state index in [1.54, 1.807) is 23.1 Å². The van der Waals surface area contributed by atoms with Crippen LogP contribution in [0.4, 0.5) is 5.69 Å². The summed E-state index contributed by atoms with van der Waals surface area (Å²) < 4.78 is 2.14. The number of amides is 2. The smallest absolute Gasteiger partial charge is 0.254 e. The third-order valence-corrected chi connectivity index (χ3v) is 7.56. The fourth-order valence-electron chi connectivity index (χ4n) is 4.98. The molecule has 1 fully saturated rings. The summed E-state index contributed by atoms with van der Waals surface area (Å²) in [5.41, 5.74) is 4.19. The molecule has 1 aliphatic heterocycles. The van der Waals surface area contributed by atoms with Crippen LogP contribution in [-0.4, -0.2) is 33.9 Å². The fraction of sp³-hybridized carbons (Fsp3) is 0.172. The summed E-state index contributed by atoms with van der Waals surface area (Å²) in [6, 6.07) is 26.5. The minimum Gasteiger partial charge on any atom is -0.326 e. The SMILES string of the molecule is O=C(c1ccc(Cl)c(Cl)c1)N(CC(=O)N1c2ccccc2-n2cccc2C1c1ccccc1)C1CC1. The van der Waals surface area contributed by atoms with Gasteiger partial charge in [-0.15, -0.1) is 0 Å². The van der Waals surface area contributed by atoms with E-state index in [4.69, 9.17) is 23.2 Å². The van der Waals surface area contributed by atoms with Crippen LogP contribution in [0.25, 0.3) is 5.69 Å². The Morgan fingerprint density at radius 2 is 1.56 bits per heavy atom. The maximum atomic E-state index is 14.2. The predicted molar refractivity (Wildman–Crippen MR) is 142 cm³/mol. The first-order valence-electron chi connectivity index (χ1n) is 11.9. The second kappa shape index (κ2) is 9.16. The third kappa shape index (κ3) is 3.98. The highest BCUT2D eigenvalue weighted by molar-refractivity contribution is 6.42. The second-order valence-electron chi connectivity index (χ2n) is 9.16. The molecule has 2 heterocycles. The summed E-state index contributed by atoms with van der Waals surface area (Å²) in [6.07, 6.45) is 3.78. The van der Waals surface area contributed by atoms with E-state index in [1.165, 1.54) is 0 Å². The highest BCUT2D eigenvalue weighted by Crippen LogP contribution is 2.42. The van der Waals surface area contributed by atoms with Crippen LogP contribution in [0.5, 0.6) is 0 Å². The van der Waals surface area contributed by atoms with Gasteiger partial charge in [-0.2, -0.15) is 0 Å². The van der Waals surface area contributed by atoms with Gasteiger partial charge in [-0.1, -0.05) is 65.7 Å². The number of aromatic nitrogens is 1. The largest absolute Gasteiger partial charge is 0.326 e. The van der Waals surface area contributed by atoms with Crippen LogP contribution in [0, 0.1) is 0 Å². The topological polar surface area (TPSA) is 45.6 Å². The number of rotatable bonds is 5. The van der Waals surface area contributed by atoms with Crippen LogP contribution in [-0.2, 0) is 4.79 Å². The van der Waals surface area contributed by atoms with Crippen molar-refractivity contribution in [1.82, 2.24) is 9.47 Å². The molecular weight excluding hydrogens is 493 g/mol. The average Bonchev–Trinajstić information content (AvgIpc) is 3.63. The number of carbonyl (C=O) groups is 2. The molecule has 36 heavy (non-hydrogen) atoms. The molecule has 0 saturated heterocycles. The van der Waals surface area contributed by atoms with Crippen molar-refractivity contribution in [3.63, 3.8) is 0 Å². The minimum absolute atomic E-state index is 0.0257. The second-order valence-corrected chi connectivity index (χ2v) is 9.98. The Morgan fingerprint density at radius 1 is 0.833 bits per heavy atom. The highest BCUT2D eigenvalue weighted by atomic mass is 35.5. The molecule has 6 rings (SSSR count). The normalized spacial score (nSPS) is 16.3. The van der Waals surface area contributed by atoms with E-state index >= 15 is 0 Å². The number of carbonyl (C=O) groups excluding carboxylic acids is 2. The van der Waals surface area contributed by atoms with Gasteiger partial charge in [0.05, 0.1) is 27.1 Å². The number of para-hydroxylation sites is 2. The lowest BCUT2D eigenvalue weighted by molar-refractivity contribution is -0.119. The number of halogens is 2. The maximum absolute atomic E-state index is 14.2. The minimum atomic E-state index is -0.315. The standard InChI is InChI=1S/C29H23Cl2N3O2/c30-22-15-12-20(17-23(22)31)29(36)33(21-13-14-21)18-27(35)34-25-10-5-4-9-24(25)32-16-6-11-26(32)28(34)19-7-2-1-3-8-19/h1-12,15-17,21,28H,13-14,18H2. The summed E-state index contributed by atoms with van der Waals surface area (Å²) in [5.74, 6) is -0.349. The van der Waals surface area contributed by atoms with E-state index in [2.05, 4.69) is 4.57 Å². The zero-order valence-corrected chi connectivity index (χ0v) is 20.9. The van der Waals surface area contributed by atoms with Gasteiger partial charge >= 0.3 is 0 Å². The summed E-state index contributed by atoms with van der Waals surface area (Å²) in [6.45, 7) is -0.0257. The van der Waals surface area contributed by atoms with E-state index < -0.39 is 0 Å². The zero-order chi connectivity index (χ0) is 24.8. The molecule has 0 radical (unpaired) electrons. The lowest BCUT2D eigenvalue weighted by atomic mass is 9.97. The summed E-state index contributed by atoms with van der Waals surface area (Å²) in [7, 11) is 0. The van der Waals surface area contributed by atoms with Crippen molar-refractivity contribution in [2.75, 3.05) is 11.4 Å². The molecule has 0 spiro atoms. The van der Waals surface area contributed by atoms with Crippen LogP contribution in [0.3, 0.4) is 0 Å². The monoisotopic (exact) mass is 515 g/mol. The quantitative estimate of drug-likeness (QED) is 0.303. The Hall–Kier alpha value is -3.54. The Morgan fingerprint density at radius 3 is 2.28 bits per heavy atom. The van der Waals surface area contributed by atoms with E-state index in [1.807, 2.05) is 77.8 Å². The van der Waals surface area contributed by atoms with Crippen molar-refractivity contribution in [1.29, 1.82) is 0 Å². The van der Waals surface area contributed by atoms with Gasteiger partial charge in [0.2, 0.25) is 5.91 Å². The molecule has 1 saturated carbocycles. The number of benzene rings is 3. The van der Waals surface area contributed by atoms with Gasteiger partial charge in [0, 0.05) is 17.8 Å². The molecule has 1 atom stereocenters. The summed E-state index contributed by atoms with van der Waals surface area (Å²) in [5, 5.41) is 0.709. The molecule has 4 aromatic rings. The van der Waals surface area contributed by atoms with Crippen LogP contribution < -0.4 is 4.90 Å². The molecule has 0 N–H and O–H groups in total. The average molecular weight is 516 g/mol. The van der Waals surface area contributed by atoms with Crippen LogP contribution in [0.15, 0.2) is 91.1 Å². The molecule has 180 valence electrons. The third-order valence-electron chi connectivity index (χ3n) is 6.82. The first kappa shape index (κ1) is 22.9.